The van der Waals surface area contributed by atoms with E-state index in [1.807, 2.05) is 26.0 Å². The van der Waals surface area contributed by atoms with Crippen LogP contribution in [0.25, 0.3) is 0 Å². The van der Waals surface area contributed by atoms with Crippen molar-refractivity contribution in [3.63, 3.8) is 0 Å². The molecule has 1 saturated heterocycles. The number of hydrogen-bond donors (Lipinski definition) is 1. The molecule has 0 amide bonds. The number of anilines is 1. The Balaban J connectivity index is 1.61. The third-order valence-electron chi connectivity index (χ3n) is 5.45. The van der Waals surface area contributed by atoms with Gasteiger partial charge in [0.1, 0.15) is 0 Å². The monoisotopic (exact) mass is 404 g/mol. The molecule has 2 aliphatic rings. The van der Waals surface area contributed by atoms with Gasteiger partial charge in [0, 0.05) is 42.5 Å². The SMILES string of the molecule is CC(C)=C(C(=O)CN1CCN(c2ccc(Cl)cc2)CC1)C1=C(S)CCCC1. The molecule has 146 valence electrons. The summed E-state index contributed by atoms with van der Waals surface area (Å²) in [4.78, 5) is 18.8. The number of benzene rings is 1. The first-order valence-electron chi connectivity index (χ1n) is 9.80. The lowest BCUT2D eigenvalue weighted by Gasteiger charge is -2.36. The van der Waals surface area contributed by atoms with E-state index in [4.69, 9.17) is 11.6 Å². The van der Waals surface area contributed by atoms with Gasteiger partial charge in [-0.25, -0.2) is 0 Å². The first-order chi connectivity index (χ1) is 13.0. The highest BCUT2D eigenvalue weighted by atomic mass is 35.5. The van der Waals surface area contributed by atoms with Crippen LogP contribution in [0.3, 0.4) is 0 Å². The molecular formula is C22H29ClN2OS. The third kappa shape index (κ3) is 5.18. The zero-order valence-electron chi connectivity index (χ0n) is 16.3. The zero-order chi connectivity index (χ0) is 19.4. The number of hydrogen-bond acceptors (Lipinski definition) is 4. The number of Topliss-reactive ketones (excluding diaryl/α,β-unsaturated/α-hetero) is 1. The van der Waals surface area contributed by atoms with E-state index in [1.165, 1.54) is 17.7 Å². The van der Waals surface area contributed by atoms with Crippen molar-refractivity contribution in [3.05, 3.63) is 50.9 Å². The molecule has 1 aromatic rings. The Kier molecular flexibility index (Phi) is 7.07. The topological polar surface area (TPSA) is 23.6 Å². The average Bonchev–Trinajstić information content (AvgIpc) is 2.65. The fourth-order valence-electron chi connectivity index (χ4n) is 4.01. The van der Waals surface area contributed by atoms with E-state index in [9.17, 15) is 4.79 Å². The quantitative estimate of drug-likeness (QED) is 0.543. The van der Waals surface area contributed by atoms with Gasteiger partial charge in [0.25, 0.3) is 0 Å². The Morgan fingerprint density at radius 1 is 1.04 bits per heavy atom. The molecule has 5 heteroatoms. The number of halogens is 1. The van der Waals surface area contributed by atoms with Crippen molar-refractivity contribution >= 4 is 35.7 Å². The molecule has 1 fully saturated rings. The summed E-state index contributed by atoms with van der Waals surface area (Å²) in [6.07, 6.45) is 4.32. The molecule has 1 aliphatic carbocycles. The van der Waals surface area contributed by atoms with E-state index in [0.29, 0.717) is 6.54 Å². The highest BCUT2D eigenvalue weighted by Gasteiger charge is 2.24. The van der Waals surface area contributed by atoms with Gasteiger partial charge >= 0.3 is 0 Å². The van der Waals surface area contributed by atoms with Crippen LogP contribution in [-0.2, 0) is 4.79 Å². The lowest BCUT2D eigenvalue weighted by atomic mass is 9.88. The molecule has 0 bridgehead atoms. The van der Waals surface area contributed by atoms with Crippen LogP contribution in [0.15, 0.2) is 45.9 Å². The summed E-state index contributed by atoms with van der Waals surface area (Å²) >= 11 is 10.7. The molecule has 0 saturated carbocycles. The lowest BCUT2D eigenvalue weighted by molar-refractivity contribution is -0.116. The summed E-state index contributed by atoms with van der Waals surface area (Å²) in [5, 5.41) is 0.762. The molecule has 1 aromatic carbocycles. The molecule has 0 radical (unpaired) electrons. The van der Waals surface area contributed by atoms with Crippen LogP contribution in [0.4, 0.5) is 5.69 Å². The number of nitrogens with zero attached hydrogens (tertiary/aromatic N) is 2. The summed E-state index contributed by atoms with van der Waals surface area (Å²) in [7, 11) is 0. The van der Waals surface area contributed by atoms with Crippen LogP contribution in [0.2, 0.25) is 5.02 Å². The summed E-state index contributed by atoms with van der Waals surface area (Å²) in [6, 6.07) is 7.99. The van der Waals surface area contributed by atoms with E-state index < -0.39 is 0 Å². The van der Waals surface area contributed by atoms with E-state index in [-0.39, 0.29) is 5.78 Å². The highest BCUT2D eigenvalue weighted by Crippen LogP contribution is 2.33. The van der Waals surface area contributed by atoms with Crippen LogP contribution in [0.1, 0.15) is 39.5 Å². The molecule has 1 aliphatic heterocycles. The Labute approximate surface area is 173 Å². The van der Waals surface area contributed by atoms with Gasteiger partial charge in [0.15, 0.2) is 5.78 Å². The number of carbonyl (C=O) groups excluding carboxylic acids is 1. The third-order valence-corrected chi connectivity index (χ3v) is 6.20. The van der Waals surface area contributed by atoms with Gasteiger partial charge in [-0.3, -0.25) is 9.69 Å². The van der Waals surface area contributed by atoms with Crippen molar-refractivity contribution in [1.82, 2.24) is 4.90 Å². The summed E-state index contributed by atoms with van der Waals surface area (Å²) in [5.74, 6) is 0.249. The van der Waals surface area contributed by atoms with Gasteiger partial charge in [-0.2, -0.15) is 0 Å². The first kappa shape index (κ1) is 20.5. The highest BCUT2D eigenvalue weighted by molar-refractivity contribution is 7.84. The van der Waals surface area contributed by atoms with Crippen LogP contribution in [-0.4, -0.2) is 43.4 Å². The van der Waals surface area contributed by atoms with E-state index in [1.54, 1.807) is 0 Å². The van der Waals surface area contributed by atoms with Crippen LogP contribution in [0.5, 0.6) is 0 Å². The fourth-order valence-corrected chi connectivity index (χ4v) is 4.51. The van der Waals surface area contributed by atoms with Crippen molar-refractivity contribution in [2.75, 3.05) is 37.6 Å². The van der Waals surface area contributed by atoms with E-state index >= 15 is 0 Å². The second-order valence-electron chi connectivity index (χ2n) is 7.67. The molecular weight excluding hydrogens is 376 g/mol. The number of ketones is 1. The summed E-state index contributed by atoms with van der Waals surface area (Å²) in [5.41, 5.74) is 4.43. The maximum absolute atomic E-state index is 13.1. The molecule has 3 nitrogen and oxygen atoms in total. The predicted molar refractivity (Wildman–Crippen MR) is 118 cm³/mol. The minimum absolute atomic E-state index is 0.249. The Hall–Kier alpha value is -1.23. The zero-order valence-corrected chi connectivity index (χ0v) is 18.0. The lowest BCUT2D eigenvalue weighted by Crippen LogP contribution is -2.48. The Morgan fingerprint density at radius 2 is 1.67 bits per heavy atom. The number of carbonyl (C=O) groups is 1. The van der Waals surface area contributed by atoms with Crippen molar-refractivity contribution < 1.29 is 4.79 Å². The molecule has 0 aromatic heterocycles. The van der Waals surface area contributed by atoms with Crippen LogP contribution >= 0.6 is 24.2 Å². The molecule has 0 unspecified atom stereocenters. The average molecular weight is 405 g/mol. The van der Waals surface area contributed by atoms with Gasteiger partial charge < -0.3 is 4.90 Å². The van der Waals surface area contributed by atoms with Gasteiger partial charge in [-0.1, -0.05) is 17.2 Å². The molecule has 0 N–H and O–H groups in total. The molecule has 0 spiro atoms. The minimum Gasteiger partial charge on any atom is -0.369 e. The first-order valence-corrected chi connectivity index (χ1v) is 10.6. The number of allylic oxidation sites excluding steroid dienone is 3. The summed E-state index contributed by atoms with van der Waals surface area (Å²) < 4.78 is 0. The van der Waals surface area contributed by atoms with Gasteiger partial charge in [0.2, 0.25) is 0 Å². The number of thiol groups is 1. The maximum atomic E-state index is 13.1. The van der Waals surface area contributed by atoms with Crippen molar-refractivity contribution in [2.24, 2.45) is 0 Å². The van der Waals surface area contributed by atoms with Crippen LogP contribution in [0, 0.1) is 0 Å². The van der Waals surface area contributed by atoms with Crippen molar-refractivity contribution in [1.29, 1.82) is 0 Å². The molecule has 3 rings (SSSR count). The molecule has 27 heavy (non-hydrogen) atoms. The predicted octanol–water partition coefficient (Wildman–Crippen LogP) is 5.13. The second kappa shape index (κ2) is 9.31. The van der Waals surface area contributed by atoms with Crippen molar-refractivity contribution in [3.8, 4) is 0 Å². The largest absolute Gasteiger partial charge is 0.369 e. The maximum Gasteiger partial charge on any atom is 0.177 e. The fraction of sp³-hybridized carbons (Fsp3) is 0.500. The number of rotatable bonds is 5. The number of piperazine rings is 1. The Morgan fingerprint density at radius 3 is 2.26 bits per heavy atom. The van der Waals surface area contributed by atoms with E-state index in [2.05, 4.69) is 34.6 Å². The van der Waals surface area contributed by atoms with Crippen LogP contribution < -0.4 is 4.90 Å². The second-order valence-corrected chi connectivity index (χ2v) is 8.65. The Bertz CT molecular complexity index is 742. The summed E-state index contributed by atoms with van der Waals surface area (Å²) in [6.45, 7) is 8.26. The smallest absolute Gasteiger partial charge is 0.177 e. The van der Waals surface area contributed by atoms with Gasteiger partial charge in [-0.05, 0) is 74.3 Å². The standard InChI is InChI=1S/C22H29ClN2OS/c1-16(2)22(19-5-3-4-6-21(19)27)20(26)15-24-11-13-25(14-12-24)18-9-7-17(23)8-10-18/h7-10,27H,3-6,11-15H2,1-2H3. The molecule has 0 atom stereocenters. The van der Waals surface area contributed by atoms with Gasteiger partial charge in [-0.15, -0.1) is 12.6 Å². The van der Waals surface area contributed by atoms with Gasteiger partial charge in [0.05, 0.1) is 6.54 Å². The minimum atomic E-state index is 0.249. The van der Waals surface area contributed by atoms with Crippen molar-refractivity contribution in [2.45, 2.75) is 39.5 Å². The van der Waals surface area contributed by atoms with E-state index in [0.717, 1.165) is 66.5 Å². The normalized spacial score (nSPS) is 18.6. The molecule has 1 heterocycles.